The maximum atomic E-state index is 4.49. The fourth-order valence-electron chi connectivity index (χ4n) is 2.14. The fourth-order valence-corrected chi connectivity index (χ4v) is 2.14. The van der Waals surface area contributed by atoms with Crippen LogP contribution in [0.2, 0.25) is 0 Å². The van der Waals surface area contributed by atoms with Crippen LogP contribution in [-0.2, 0) is 6.42 Å². The first-order valence-corrected chi connectivity index (χ1v) is 6.49. The Morgan fingerprint density at radius 1 is 1.24 bits per heavy atom. The molecule has 88 valence electrons. The van der Waals surface area contributed by atoms with Crippen LogP contribution in [0.15, 0.2) is 36.5 Å². The summed E-state index contributed by atoms with van der Waals surface area (Å²) in [5.74, 6) is 0. The molecule has 1 aliphatic rings. The molecule has 1 saturated carbocycles. The van der Waals surface area contributed by atoms with E-state index >= 15 is 0 Å². The molecule has 2 heteroatoms. The number of nitrogens with one attached hydrogen (secondary N) is 1. The molecule has 1 aromatic carbocycles. The van der Waals surface area contributed by atoms with Crippen LogP contribution in [0.1, 0.15) is 24.8 Å². The number of fused-ring (bicyclic) bond motifs is 1. The Bertz CT molecular complexity index is 503. The van der Waals surface area contributed by atoms with Gasteiger partial charge >= 0.3 is 0 Å². The van der Waals surface area contributed by atoms with Crippen LogP contribution in [0.4, 0.5) is 0 Å². The molecule has 0 bridgehead atoms. The molecule has 0 atom stereocenters. The van der Waals surface area contributed by atoms with Crippen molar-refractivity contribution in [3.63, 3.8) is 0 Å². The van der Waals surface area contributed by atoms with Crippen molar-refractivity contribution in [3.05, 3.63) is 42.1 Å². The zero-order valence-corrected chi connectivity index (χ0v) is 10.0. The number of benzene rings is 1. The molecule has 2 aromatic rings. The minimum absolute atomic E-state index is 0.824. The van der Waals surface area contributed by atoms with Crippen LogP contribution in [0, 0.1) is 0 Å². The van der Waals surface area contributed by atoms with E-state index in [2.05, 4.69) is 34.6 Å². The van der Waals surface area contributed by atoms with E-state index < -0.39 is 0 Å². The second kappa shape index (κ2) is 4.84. The van der Waals surface area contributed by atoms with Crippen molar-refractivity contribution in [2.45, 2.75) is 31.7 Å². The van der Waals surface area contributed by atoms with Gasteiger partial charge in [0.2, 0.25) is 0 Å². The Labute approximate surface area is 102 Å². The number of nitrogens with zero attached hydrogens (tertiary/aromatic N) is 1. The largest absolute Gasteiger partial charge is 0.314 e. The van der Waals surface area contributed by atoms with Gasteiger partial charge in [0.1, 0.15) is 0 Å². The van der Waals surface area contributed by atoms with Crippen LogP contribution in [-0.4, -0.2) is 17.6 Å². The normalized spacial score (nSPS) is 15.3. The number of aromatic nitrogens is 1. The zero-order chi connectivity index (χ0) is 11.5. The van der Waals surface area contributed by atoms with Crippen LogP contribution < -0.4 is 5.32 Å². The Hall–Kier alpha value is -1.41. The van der Waals surface area contributed by atoms with Gasteiger partial charge in [-0.2, -0.15) is 0 Å². The van der Waals surface area contributed by atoms with Crippen molar-refractivity contribution in [3.8, 4) is 0 Å². The lowest BCUT2D eigenvalue weighted by Crippen LogP contribution is -2.17. The number of rotatable bonds is 5. The predicted octanol–water partition coefficient (Wildman–Crippen LogP) is 2.92. The monoisotopic (exact) mass is 226 g/mol. The summed E-state index contributed by atoms with van der Waals surface area (Å²) in [6.07, 6.45) is 7.09. The van der Waals surface area contributed by atoms with E-state index in [4.69, 9.17) is 0 Å². The smallest absolute Gasteiger partial charge is 0.0702 e. The summed E-state index contributed by atoms with van der Waals surface area (Å²) in [4.78, 5) is 4.49. The number of hydrogen-bond donors (Lipinski definition) is 1. The molecule has 1 aromatic heterocycles. The molecule has 0 saturated heterocycles. The van der Waals surface area contributed by atoms with E-state index in [1.807, 2.05) is 12.3 Å². The van der Waals surface area contributed by atoms with E-state index in [-0.39, 0.29) is 0 Å². The Kier molecular flexibility index (Phi) is 3.06. The van der Waals surface area contributed by atoms with Gasteiger partial charge in [0.15, 0.2) is 0 Å². The second-order valence-electron chi connectivity index (χ2n) is 4.87. The van der Waals surface area contributed by atoms with E-state index in [0.29, 0.717) is 0 Å². The predicted molar refractivity (Wildman–Crippen MR) is 71.1 cm³/mol. The third-order valence-corrected chi connectivity index (χ3v) is 3.30. The maximum absolute atomic E-state index is 4.49. The Morgan fingerprint density at radius 3 is 3.00 bits per heavy atom. The first-order valence-electron chi connectivity index (χ1n) is 6.49. The highest BCUT2D eigenvalue weighted by molar-refractivity contribution is 5.78. The minimum atomic E-state index is 0.824. The first-order chi connectivity index (χ1) is 8.42. The first kappa shape index (κ1) is 10.7. The quantitative estimate of drug-likeness (QED) is 0.793. The molecule has 0 spiro atoms. The molecule has 1 fully saturated rings. The number of hydrogen-bond acceptors (Lipinski definition) is 2. The highest BCUT2D eigenvalue weighted by atomic mass is 14.9. The lowest BCUT2D eigenvalue weighted by atomic mass is 10.1. The molecule has 1 aliphatic carbocycles. The molecular weight excluding hydrogens is 208 g/mol. The maximum Gasteiger partial charge on any atom is 0.0702 e. The third kappa shape index (κ3) is 2.83. The van der Waals surface area contributed by atoms with Gasteiger partial charge in [0.25, 0.3) is 0 Å². The van der Waals surface area contributed by atoms with Crippen LogP contribution >= 0.6 is 0 Å². The van der Waals surface area contributed by atoms with E-state index in [0.717, 1.165) is 24.5 Å². The average molecular weight is 226 g/mol. The van der Waals surface area contributed by atoms with Gasteiger partial charge in [-0.25, -0.2) is 0 Å². The molecule has 2 nitrogen and oxygen atoms in total. The highest BCUT2D eigenvalue weighted by Crippen LogP contribution is 2.18. The van der Waals surface area contributed by atoms with Crippen LogP contribution in [0.5, 0.6) is 0 Å². The molecule has 0 unspecified atom stereocenters. The molecule has 0 radical (unpaired) electrons. The number of pyridine rings is 1. The summed E-state index contributed by atoms with van der Waals surface area (Å²) in [7, 11) is 0. The number of aryl methyl sites for hydroxylation is 1. The van der Waals surface area contributed by atoms with E-state index in [9.17, 15) is 0 Å². The van der Waals surface area contributed by atoms with Gasteiger partial charge in [-0.3, -0.25) is 4.98 Å². The van der Waals surface area contributed by atoms with Crippen molar-refractivity contribution < 1.29 is 0 Å². The molecule has 1 N–H and O–H groups in total. The lowest BCUT2D eigenvalue weighted by Gasteiger charge is -2.04. The van der Waals surface area contributed by atoms with Gasteiger partial charge in [-0.05, 0) is 49.9 Å². The van der Waals surface area contributed by atoms with Crippen LogP contribution in [0.25, 0.3) is 10.9 Å². The number of para-hydroxylation sites is 1. The highest BCUT2D eigenvalue weighted by Gasteiger charge is 2.19. The summed E-state index contributed by atoms with van der Waals surface area (Å²) in [5.41, 5.74) is 2.44. The summed E-state index contributed by atoms with van der Waals surface area (Å²) in [6, 6.07) is 11.4. The van der Waals surface area contributed by atoms with Crippen molar-refractivity contribution in [2.75, 3.05) is 6.54 Å². The minimum Gasteiger partial charge on any atom is -0.314 e. The Morgan fingerprint density at radius 2 is 2.12 bits per heavy atom. The van der Waals surface area contributed by atoms with Crippen LogP contribution in [0.3, 0.4) is 0 Å². The lowest BCUT2D eigenvalue weighted by molar-refractivity contribution is 0.645. The van der Waals surface area contributed by atoms with E-state index in [1.54, 1.807) is 0 Å². The molecular formula is C15H18N2. The second-order valence-corrected chi connectivity index (χ2v) is 4.87. The van der Waals surface area contributed by atoms with Crippen molar-refractivity contribution in [1.29, 1.82) is 0 Å². The van der Waals surface area contributed by atoms with Crippen molar-refractivity contribution in [2.24, 2.45) is 0 Å². The van der Waals surface area contributed by atoms with Gasteiger partial charge in [-0.15, -0.1) is 0 Å². The fraction of sp³-hybridized carbons (Fsp3) is 0.400. The SMILES string of the molecule is c1ccc2ncc(CCCNC3CC3)cc2c1. The topological polar surface area (TPSA) is 24.9 Å². The average Bonchev–Trinajstić information content (AvgIpc) is 3.18. The van der Waals surface area contributed by atoms with Gasteiger partial charge in [0.05, 0.1) is 5.52 Å². The molecule has 0 aliphatic heterocycles. The van der Waals surface area contributed by atoms with Crippen molar-refractivity contribution in [1.82, 2.24) is 10.3 Å². The van der Waals surface area contributed by atoms with E-state index in [1.165, 1.54) is 30.2 Å². The molecule has 17 heavy (non-hydrogen) atoms. The third-order valence-electron chi connectivity index (χ3n) is 3.30. The summed E-state index contributed by atoms with van der Waals surface area (Å²) in [6.45, 7) is 1.14. The van der Waals surface area contributed by atoms with Gasteiger partial charge in [0, 0.05) is 17.6 Å². The van der Waals surface area contributed by atoms with Crippen molar-refractivity contribution >= 4 is 10.9 Å². The Balaban J connectivity index is 1.59. The molecule has 0 amide bonds. The molecule has 1 heterocycles. The summed E-state index contributed by atoms with van der Waals surface area (Å²) in [5, 5.41) is 4.79. The summed E-state index contributed by atoms with van der Waals surface area (Å²) >= 11 is 0. The molecule has 3 rings (SSSR count). The van der Waals surface area contributed by atoms with Gasteiger partial charge in [-0.1, -0.05) is 18.2 Å². The zero-order valence-electron chi connectivity index (χ0n) is 10.0. The van der Waals surface area contributed by atoms with Gasteiger partial charge < -0.3 is 5.32 Å². The standard InChI is InChI=1S/C15H18N2/c1-2-6-15-13(5-1)10-12(11-17-15)4-3-9-16-14-7-8-14/h1-2,5-6,10-11,14,16H,3-4,7-9H2. The summed E-state index contributed by atoms with van der Waals surface area (Å²) < 4.78 is 0.